The summed E-state index contributed by atoms with van der Waals surface area (Å²) in [7, 11) is 0. The fraction of sp³-hybridized carbons (Fsp3) is 0.444. The van der Waals surface area contributed by atoms with Crippen molar-refractivity contribution in [2.75, 3.05) is 45.8 Å². The van der Waals surface area contributed by atoms with Crippen LogP contribution in [-0.2, 0) is 18.8 Å². The van der Waals surface area contributed by atoms with Crippen LogP contribution in [0.3, 0.4) is 0 Å². The van der Waals surface area contributed by atoms with E-state index in [2.05, 4.69) is 15.1 Å². The van der Waals surface area contributed by atoms with E-state index < -0.39 is 41.0 Å². The smallest absolute Gasteiger partial charge is 0.351 e. The molecule has 0 aliphatic carbocycles. The molecule has 48 heavy (non-hydrogen) atoms. The van der Waals surface area contributed by atoms with Crippen molar-refractivity contribution < 1.29 is 35.9 Å². The molecule has 0 saturated carbocycles. The number of carbonyl (C=O) groups is 2. The van der Waals surface area contributed by atoms with Gasteiger partial charge < -0.3 is 10.2 Å². The number of benzene rings is 3. The van der Waals surface area contributed by atoms with Crippen LogP contribution in [0, 0.1) is 13.8 Å². The van der Waals surface area contributed by atoms with Gasteiger partial charge in [-0.25, -0.2) is 0 Å². The normalized spacial score (nSPS) is 19.7. The molecule has 3 aromatic carbocycles. The molecule has 6 nitrogen and oxygen atoms in total. The third-order valence-corrected chi connectivity index (χ3v) is 9.22. The average molecular weight is 675 g/mol. The highest BCUT2D eigenvalue weighted by Crippen LogP contribution is 2.37. The first kappa shape index (κ1) is 35.4. The third kappa shape index (κ3) is 8.96. The zero-order chi connectivity index (χ0) is 34.6. The summed E-state index contributed by atoms with van der Waals surface area (Å²) in [6.45, 7) is 8.44. The Labute approximate surface area is 276 Å². The molecule has 12 heteroatoms. The first-order chi connectivity index (χ1) is 22.7. The van der Waals surface area contributed by atoms with Crippen molar-refractivity contribution in [3.8, 4) is 0 Å². The first-order valence-electron chi connectivity index (χ1n) is 16.1. The summed E-state index contributed by atoms with van der Waals surface area (Å²) >= 11 is 0. The number of alkyl halides is 6. The zero-order valence-corrected chi connectivity index (χ0v) is 27.0. The van der Waals surface area contributed by atoms with E-state index in [1.807, 2.05) is 62.4 Å². The Balaban J connectivity index is 1.23. The van der Waals surface area contributed by atoms with Gasteiger partial charge >= 0.3 is 12.4 Å². The van der Waals surface area contributed by atoms with Crippen molar-refractivity contribution in [3.05, 3.63) is 106 Å². The summed E-state index contributed by atoms with van der Waals surface area (Å²) in [5, 5.41) is 3.00. The molecule has 0 aromatic heterocycles. The van der Waals surface area contributed by atoms with E-state index in [9.17, 15) is 35.9 Å². The van der Waals surface area contributed by atoms with Crippen molar-refractivity contribution in [1.82, 2.24) is 20.0 Å². The highest BCUT2D eigenvalue weighted by molar-refractivity contribution is 5.95. The quantitative estimate of drug-likeness (QED) is 0.274. The molecule has 258 valence electrons. The van der Waals surface area contributed by atoms with Crippen molar-refractivity contribution in [2.24, 2.45) is 0 Å². The molecule has 1 N–H and O–H groups in total. The van der Waals surface area contributed by atoms with Gasteiger partial charge in [-0.1, -0.05) is 47.5 Å². The molecular formula is C36H40F6N4O2. The van der Waals surface area contributed by atoms with Crippen LogP contribution in [0.1, 0.15) is 61.4 Å². The Morgan fingerprint density at radius 3 is 1.96 bits per heavy atom. The van der Waals surface area contributed by atoms with Gasteiger partial charge in [0.25, 0.3) is 11.8 Å². The van der Waals surface area contributed by atoms with Crippen molar-refractivity contribution in [2.45, 2.75) is 57.5 Å². The Hall–Kier alpha value is -3.90. The lowest BCUT2D eigenvalue weighted by molar-refractivity contribution is -0.143. The molecule has 2 atom stereocenters. The van der Waals surface area contributed by atoms with Crippen LogP contribution in [0.15, 0.2) is 66.7 Å². The van der Waals surface area contributed by atoms with Gasteiger partial charge in [0.1, 0.15) is 0 Å². The van der Waals surface area contributed by atoms with Gasteiger partial charge in [-0.2, -0.15) is 26.3 Å². The van der Waals surface area contributed by atoms with Crippen LogP contribution >= 0.6 is 0 Å². The number of carbonyl (C=O) groups excluding carboxylic acids is 2. The van der Waals surface area contributed by atoms with Crippen LogP contribution in [0.2, 0.25) is 0 Å². The van der Waals surface area contributed by atoms with E-state index in [4.69, 9.17) is 0 Å². The second-order valence-electron chi connectivity index (χ2n) is 12.8. The lowest BCUT2D eigenvalue weighted by Gasteiger charge is -2.46. The molecule has 0 bridgehead atoms. The summed E-state index contributed by atoms with van der Waals surface area (Å²) in [5.41, 5.74) is 0.00445. The van der Waals surface area contributed by atoms with Gasteiger partial charge in [0.05, 0.1) is 11.1 Å². The number of halogens is 6. The lowest BCUT2D eigenvalue weighted by atomic mass is 9.90. The van der Waals surface area contributed by atoms with E-state index in [1.54, 1.807) is 0 Å². The second-order valence-corrected chi connectivity index (χ2v) is 12.8. The maximum atomic E-state index is 13.7. The number of piperidine rings is 1. The molecule has 2 heterocycles. The summed E-state index contributed by atoms with van der Waals surface area (Å²) in [6.07, 6.45) is -8.57. The summed E-state index contributed by atoms with van der Waals surface area (Å²) < 4.78 is 81.4. The fourth-order valence-corrected chi connectivity index (χ4v) is 6.84. The number of likely N-dealkylation sites (tertiary alicyclic amines) is 1. The predicted octanol–water partition coefficient (Wildman–Crippen LogP) is 6.60. The fourth-order valence-electron chi connectivity index (χ4n) is 6.84. The molecule has 3 aromatic rings. The SMILES string of the molecule is Cc1cc(C)cc(C(=O)NCCN2CCN([C@@H]3CCN(C(=O)c4cc(C(F)(F)F)cc(C(F)(F)F)c4)[C@H](Cc4ccccc4)C3)CC2)c1. The molecule has 0 unspecified atom stereocenters. The Morgan fingerprint density at radius 2 is 1.38 bits per heavy atom. The number of rotatable bonds is 8. The molecule has 2 saturated heterocycles. The average Bonchev–Trinajstić information content (AvgIpc) is 3.04. The van der Waals surface area contributed by atoms with E-state index >= 15 is 0 Å². The number of amides is 2. The molecule has 2 aliphatic heterocycles. The minimum Gasteiger partial charge on any atom is -0.351 e. The summed E-state index contributed by atoms with van der Waals surface area (Å²) in [6, 6.07) is 15.9. The standard InChI is InChI=1S/C36H40F6N4O2/c1-24-16-25(2)18-27(17-24)33(47)43-9-11-44-12-14-45(15-13-44)31-8-10-46(32(23-31)19-26-6-4-3-5-7-26)34(48)28-20-29(35(37,38)39)22-30(21-28)36(40,41)42/h3-7,16-18,20-22,31-32H,8-15,19,23H2,1-2H3,(H,43,47)/t31-,32-/m1/s1. The van der Waals surface area contributed by atoms with E-state index in [-0.39, 0.29) is 24.6 Å². The zero-order valence-electron chi connectivity index (χ0n) is 27.0. The number of nitrogens with zero attached hydrogens (tertiary/aromatic N) is 3. The van der Waals surface area contributed by atoms with Crippen LogP contribution in [0.5, 0.6) is 0 Å². The monoisotopic (exact) mass is 674 g/mol. The Kier molecular flexibility index (Phi) is 10.8. The second kappa shape index (κ2) is 14.7. The van der Waals surface area contributed by atoms with Crippen LogP contribution in [0.4, 0.5) is 26.3 Å². The Bertz CT molecular complexity index is 1530. The van der Waals surface area contributed by atoms with E-state index in [0.29, 0.717) is 50.0 Å². The highest BCUT2D eigenvalue weighted by atomic mass is 19.4. The lowest BCUT2D eigenvalue weighted by Crippen LogP contribution is -2.57. The largest absolute Gasteiger partial charge is 0.416 e. The maximum Gasteiger partial charge on any atom is 0.416 e. The Morgan fingerprint density at radius 1 is 0.771 bits per heavy atom. The molecule has 0 spiro atoms. The number of hydrogen-bond acceptors (Lipinski definition) is 4. The van der Waals surface area contributed by atoms with Gasteiger partial charge in [0.15, 0.2) is 0 Å². The molecule has 0 radical (unpaired) electrons. The number of aryl methyl sites for hydroxylation is 2. The van der Waals surface area contributed by atoms with Gasteiger partial charge in [0, 0.05) is 69.0 Å². The third-order valence-electron chi connectivity index (χ3n) is 9.22. The predicted molar refractivity (Wildman–Crippen MR) is 171 cm³/mol. The summed E-state index contributed by atoms with van der Waals surface area (Å²) in [5.74, 6) is -0.940. The first-order valence-corrected chi connectivity index (χ1v) is 16.1. The number of nitrogens with one attached hydrogen (secondary N) is 1. The van der Waals surface area contributed by atoms with E-state index in [1.165, 1.54) is 4.90 Å². The number of hydrogen-bond donors (Lipinski definition) is 1. The number of piperazine rings is 1. The minimum absolute atomic E-state index is 0.0446. The topological polar surface area (TPSA) is 55.9 Å². The van der Waals surface area contributed by atoms with Crippen molar-refractivity contribution in [3.63, 3.8) is 0 Å². The van der Waals surface area contributed by atoms with Gasteiger partial charge in [0.2, 0.25) is 0 Å². The van der Waals surface area contributed by atoms with Crippen LogP contribution < -0.4 is 5.32 Å². The molecular weight excluding hydrogens is 634 g/mol. The van der Waals surface area contributed by atoms with Crippen LogP contribution in [0.25, 0.3) is 0 Å². The maximum absolute atomic E-state index is 13.7. The van der Waals surface area contributed by atoms with Crippen molar-refractivity contribution in [1.29, 1.82) is 0 Å². The van der Waals surface area contributed by atoms with Crippen LogP contribution in [-0.4, -0.2) is 84.4 Å². The van der Waals surface area contributed by atoms with Gasteiger partial charge in [-0.05, 0) is 69.0 Å². The molecule has 5 rings (SSSR count). The van der Waals surface area contributed by atoms with Crippen molar-refractivity contribution >= 4 is 11.8 Å². The van der Waals surface area contributed by atoms with Gasteiger partial charge in [-0.3, -0.25) is 19.4 Å². The molecule has 2 aliphatic rings. The molecule has 2 amide bonds. The summed E-state index contributed by atoms with van der Waals surface area (Å²) in [4.78, 5) is 32.4. The highest BCUT2D eigenvalue weighted by Gasteiger charge is 2.40. The van der Waals surface area contributed by atoms with Gasteiger partial charge in [-0.15, -0.1) is 0 Å². The molecule has 2 fully saturated rings. The minimum atomic E-state index is -5.04. The van der Waals surface area contributed by atoms with E-state index in [0.717, 1.165) is 42.9 Å².